The highest BCUT2D eigenvalue weighted by molar-refractivity contribution is 5.77. The van der Waals surface area contributed by atoms with Crippen LogP contribution in [0.3, 0.4) is 0 Å². The first-order chi connectivity index (χ1) is 18.7. The Hall–Kier alpha value is -3.43. The lowest BCUT2D eigenvalue weighted by molar-refractivity contribution is -0.133. The molecule has 3 aromatic rings. The number of allylic oxidation sites excluding steroid dienone is 4. The first kappa shape index (κ1) is 26.2. The number of rotatable bonds is 8. The third-order valence-corrected chi connectivity index (χ3v) is 8.13. The third-order valence-electron chi connectivity index (χ3n) is 8.13. The van der Waals surface area contributed by atoms with Crippen molar-refractivity contribution in [1.29, 1.82) is 0 Å². The SMILES string of the molecule is CC/C=C\C=C/CC(CC(=O)N1CCN(C2c3ccccc3CCc3ccccc32)CC1)c1ccccc1. The van der Waals surface area contributed by atoms with E-state index < -0.39 is 0 Å². The highest BCUT2D eigenvalue weighted by Crippen LogP contribution is 2.37. The molecule has 1 unspecified atom stereocenters. The van der Waals surface area contributed by atoms with Crippen molar-refractivity contribution in [2.75, 3.05) is 26.2 Å². The molecule has 1 heterocycles. The largest absolute Gasteiger partial charge is 0.340 e. The van der Waals surface area contributed by atoms with Crippen molar-refractivity contribution < 1.29 is 4.79 Å². The van der Waals surface area contributed by atoms with Crippen LogP contribution in [0.2, 0.25) is 0 Å². The van der Waals surface area contributed by atoms with Crippen LogP contribution in [0.5, 0.6) is 0 Å². The van der Waals surface area contributed by atoms with Crippen LogP contribution in [0.15, 0.2) is 103 Å². The Morgan fingerprint density at radius 3 is 2.00 bits per heavy atom. The van der Waals surface area contributed by atoms with Gasteiger partial charge in [-0.1, -0.05) is 110 Å². The van der Waals surface area contributed by atoms with Gasteiger partial charge in [0, 0.05) is 32.6 Å². The maximum Gasteiger partial charge on any atom is 0.223 e. The fraction of sp³-hybridized carbons (Fsp3) is 0.343. The molecule has 1 aliphatic carbocycles. The summed E-state index contributed by atoms with van der Waals surface area (Å²) in [4.78, 5) is 18.2. The molecule has 3 nitrogen and oxygen atoms in total. The second kappa shape index (κ2) is 12.9. The monoisotopic (exact) mass is 504 g/mol. The number of carbonyl (C=O) groups is 1. The van der Waals surface area contributed by atoms with Gasteiger partial charge in [-0.2, -0.15) is 0 Å². The second-order valence-electron chi connectivity index (χ2n) is 10.5. The number of carbonyl (C=O) groups excluding carboxylic acids is 1. The Balaban J connectivity index is 1.28. The lowest BCUT2D eigenvalue weighted by atomic mass is 9.91. The van der Waals surface area contributed by atoms with Crippen LogP contribution in [0, 0.1) is 0 Å². The smallest absolute Gasteiger partial charge is 0.223 e. The molecule has 38 heavy (non-hydrogen) atoms. The zero-order valence-corrected chi connectivity index (χ0v) is 22.6. The van der Waals surface area contributed by atoms with Crippen LogP contribution in [0.1, 0.15) is 66.0 Å². The molecule has 3 aromatic carbocycles. The maximum atomic E-state index is 13.5. The van der Waals surface area contributed by atoms with E-state index >= 15 is 0 Å². The molecular weight excluding hydrogens is 464 g/mol. The number of benzene rings is 3. The van der Waals surface area contributed by atoms with E-state index in [-0.39, 0.29) is 17.9 Å². The van der Waals surface area contributed by atoms with Gasteiger partial charge in [0.05, 0.1) is 6.04 Å². The van der Waals surface area contributed by atoms with Gasteiger partial charge in [0.1, 0.15) is 0 Å². The molecule has 0 aromatic heterocycles. The van der Waals surface area contributed by atoms with Crippen molar-refractivity contribution in [3.8, 4) is 0 Å². The highest BCUT2D eigenvalue weighted by Gasteiger charge is 2.32. The zero-order valence-electron chi connectivity index (χ0n) is 22.6. The number of amides is 1. The normalized spacial score (nSPS) is 17.3. The minimum Gasteiger partial charge on any atom is -0.340 e. The molecule has 0 saturated carbocycles. The molecule has 196 valence electrons. The van der Waals surface area contributed by atoms with Gasteiger partial charge in [0.15, 0.2) is 0 Å². The summed E-state index contributed by atoms with van der Waals surface area (Å²) in [5.41, 5.74) is 7.03. The Morgan fingerprint density at radius 2 is 1.37 bits per heavy atom. The van der Waals surface area contributed by atoms with E-state index in [0.29, 0.717) is 6.42 Å². The summed E-state index contributed by atoms with van der Waals surface area (Å²) in [6.07, 6.45) is 13.2. The quantitative estimate of drug-likeness (QED) is 0.305. The van der Waals surface area contributed by atoms with Gasteiger partial charge in [-0.05, 0) is 59.4 Å². The van der Waals surface area contributed by atoms with Crippen LogP contribution in [0.25, 0.3) is 0 Å². The predicted molar refractivity (Wildman–Crippen MR) is 157 cm³/mol. The van der Waals surface area contributed by atoms with Crippen molar-refractivity contribution in [2.24, 2.45) is 0 Å². The lowest BCUT2D eigenvalue weighted by Crippen LogP contribution is -2.50. The van der Waals surface area contributed by atoms with Crippen molar-refractivity contribution in [3.63, 3.8) is 0 Å². The van der Waals surface area contributed by atoms with E-state index in [1.165, 1.54) is 27.8 Å². The average molecular weight is 505 g/mol. The average Bonchev–Trinajstić information content (AvgIpc) is 3.14. The summed E-state index contributed by atoms with van der Waals surface area (Å²) in [6, 6.07) is 28.7. The van der Waals surface area contributed by atoms with Crippen LogP contribution < -0.4 is 0 Å². The zero-order chi connectivity index (χ0) is 26.2. The first-order valence-electron chi connectivity index (χ1n) is 14.3. The highest BCUT2D eigenvalue weighted by atomic mass is 16.2. The summed E-state index contributed by atoms with van der Waals surface area (Å²) in [7, 11) is 0. The summed E-state index contributed by atoms with van der Waals surface area (Å²) >= 11 is 0. The molecular formula is C35H40N2O. The Labute approximate surface area is 228 Å². The molecule has 1 fully saturated rings. The van der Waals surface area contributed by atoms with Crippen molar-refractivity contribution in [1.82, 2.24) is 9.80 Å². The van der Waals surface area contributed by atoms with E-state index in [9.17, 15) is 4.79 Å². The Morgan fingerprint density at radius 1 is 0.789 bits per heavy atom. The number of hydrogen-bond acceptors (Lipinski definition) is 2. The molecule has 2 aliphatic rings. The van der Waals surface area contributed by atoms with Gasteiger partial charge in [-0.25, -0.2) is 0 Å². The van der Waals surface area contributed by atoms with Gasteiger partial charge < -0.3 is 4.90 Å². The van der Waals surface area contributed by atoms with Crippen LogP contribution in [-0.4, -0.2) is 41.9 Å². The first-order valence-corrected chi connectivity index (χ1v) is 14.3. The fourth-order valence-corrected chi connectivity index (χ4v) is 6.06. The molecule has 0 bridgehead atoms. The maximum absolute atomic E-state index is 13.5. The Bertz CT molecular complexity index is 1210. The summed E-state index contributed by atoms with van der Waals surface area (Å²) < 4.78 is 0. The van der Waals surface area contributed by atoms with Crippen molar-refractivity contribution in [3.05, 3.63) is 131 Å². The van der Waals surface area contributed by atoms with E-state index in [2.05, 4.69) is 114 Å². The van der Waals surface area contributed by atoms with Gasteiger partial charge in [-0.3, -0.25) is 9.69 Å². The molecule has 1 amide bonds. The number of piperazine rings is 1. The molecule has 0 spiro atoms. The number of aryl methyl sites for hydroxylation is 2. The summed E-state index contributed by atoms with van der Waals surface area (Å²) in [6.45, 7) is 5.52. The molecule has 1 aliphatic heterocycles. The van der Waals surface area contributed by atoms with Gasteiger partial charge in [0.2, 0.25) is 5.91 Å². The summed E-state index contributed by atoms with van der Waals surface area (Å²) in [5, 5.41) is 0. The Kier molecular flexibility index (Phi) is 8.88. The molecule has 0 radical (unpaired) electrons. The van der Waals surface area contributed by atoms with E-state index in [4.69, 9.17) is 0 Å². The minimum absolute atomic E-state index is 0.202. The molecule has 5 rings (SSSR count). The van der Waals surface area contributed by atoms with Crippen LogP contribution in [0.4, 0.5) is 0 Å². The second-order valence-corrected chi connectivity index (χ2v) is 10.5. The predicted octanol–water partition coefficient (Wildman–Crippen LogP) is 7.11. The third kappa shape index (κ3) is 6.16. The fourth-order valence-electron chi connectivity index (χ4n) is 6.06. The van der Waals surface area contributed by atoms with Crippen molar-refractivity contribution >= 4 is 5.91 Å². The van der Waals surface area contributed by atoms with Crippen LogP contribution in [-0.2, 0) is 17.6 Å². The molecule has 3 heteroatoms. The van der Waals surface area contributed by atoms with Gasteiger partial charge >= 0.3 is 0 Å². The van der Waals surface area contributed by atoms with E-state index in [1.54, 1.807) is 0 Å². The van der Waals surface area contributed by atoms with E-state index in [0.717, 1.165) is 51.9 Å². The topological polar surface area (TPSA) is 23.6 Å². The number of hydrogen-bond donors (Lipinski definition) is 0. The van der Waals surface area contributed by atoms with Crippen LogP contribution >= 0.6 is 0 Å². The van der Waals surface area contributed by atoms with Gasteiger partial charge in [0.25, 0.3) is 0 Å². The number of nitrogens with zero attached hydrogens (tertiary/aromatic N) is 2. The van der Waals surface area contributed by atoms with Gasteiger partial charge in [-0.15, -0.1) is 0 Å². The lowest BCUT2D eigenvalue weighted by Gasteiger charge is -2.40. The van der Waals surface area contributed by atoms with Crippen molar-refractivity contribution in [2.45, 2.75) is 51.0 Å². The molecule has 1 atom stereocenters. The molecule has 0 N–H and O–H groups in total. The van der Waals surface area contributed by atoms with E-state index in [1.807, 2.05) is 6.07 Å². The molecule has 1 saturated heterocycles. The standard InChI is InChI=1S/C35H40N2O/c1-2-3-4-5-7-18-31(28-14-8-6-9-15-28)27-34(38)36-23-25-37(26-24-36)35-32-19-12-10-16-29(32)21-22-30-17-11-13-20-33(30)35/h3-17,19-20,31,35H,2,18,21-27H2,1H3/b4-3-,7-5-. The summed E-state index contributed by atoms with van der Waals surface area (Å²) in [5.74, 6) is 0.478. The number of fused-ring (bicyclic) bond motifs is 2. The minimum atomic E-state index is 0.202.